The number of nitrogens with one attached hydrogen (secondary N) is 1. The summed E-state index contributed by atoms with van der Waals surface area (Å²) in [5.41, 5.74) is 1.21. The molecular formula is C13H12N2OS2. The molecule has 1 aliphatic rings. The third-order valence-electron chi connectivity index (χ3n) is 3.22. The van der Waals surface area contributed by atoms with Gasteiger partial charge in [-0.3, -0.25) is 9.69 Å². The van der Waals surface area contributed by atoms with E-state index in [1.165, 1.54) is 20.5 Å². The lowest BCUT2D eigenvalue weighted by molar-refractivity contribution is -0.126. The monoisotopic (exact) mass is 276 g/mol. The quantitative estimate of drug-likeness (QED) is 0.853. The molecule has 1 atom stereocenters. The smallest absolute Gasteiger partial charge is 0.251 e. The predicted octanol–water partition coefficient (Wildman–Crippen LogP) is 2.16. The third-order valence-corrected chi connectivity index (χ3v) is 4.62. The highest BCUT2D eigenvalue weighted by molar-refractivity contribution is 7.80. The van der Waals surface area contributed by atoms with Crippen LogP contribution in [0.5, 0.6) is 0 Å². The zero-order valence-electron chi connectivity index (χ0n) is 9.84. The van der Waals surface area contributed by atoms with Gasteiger partial charge in [-0.15, -0.1) is 11.3 Å². The average Bonchev–Trinajstić information content (AvgIpc) is 2.89. The molecule has 18 heavy (non-hydrogen) atoms. The van der Waals surface area contributed by atoms with Gasteiger partial charge in [-0.2, -0.15) is 0 Å². The normalized spacial score (nSPS) is 19.6. The molecule has 2 heterocycles. The molecule has 92 valence electrons. The maximum atomic E-state index is 12.0. The minimum atomic E-state index is -0.222. The number of thiophene rings is 1. The molecule has 1 fully saturated rings. The van der Waals surface area contributed by atoms with Gasteiger partial charge in [-0.05, 0) is 34.6 Å². The Balaban J connectivity index is 1.89. The van der Waals surface area contributed by atoms with E-state index in [1.54, 1.807) is 18.4 Å². The molecule has 1 unspecified atom stereocenters. The molecule has 3 rings (SSSR count). The van der Waals surface area contributed by atoms with E-state index in [1.807, 2.05) is 12.1 Å². The van der Waals surface area contributed by atoms with E-state index in [9.17, 15) is 4.79 Å². The van der Waals surface area contributed by atoms with Gasteiger partial charge in [-0.25, -0.2) is 0 Å². The Morgan fingerprint density at radius 1 is 1.44 bits per heavy atom. The van der Waals surface area contributed by atoms with Crippen molar-refractivity contribution in [1.29, 1.82) is 0 Å². The van der Waals surface area contributed by atoms with Crippen molar-refractivity contribution in [1.82, 2.24) is 10.2 Å². The SMILES string of the molecule is CN1C(=O)C(Cc2csc3ccccc23)NC1=S. The number of amides is 1. The van der Waals surface area contributed by atoms with Crippen molar-refractivity contribution in [3.63, 3.8) is 0 Å². The first-order valence-electron chi connectivity index (χ1n) is 5.70. The largest absolute Gasteiger partial charge is 0.350 e. The minimum Gasteiger partial charge on any atom is -0.350 e. The van der Waals surface area contributed by atoms with Crippen molar-refractivity contribution in [2.24, 2.45) is 0 Å². The number of nitrogens with zero attached hydrogens (tertiary/aromatic N) is 1. The first-order chi connectivity index (χ1) is 8.66. The summed E-state index contributed by atoms with van der Waals surface area (Å²) < 4.78 is 1.26. The van der Waals surface area contributed by atoms with Crippen LogP contribution < -0.4 is 5.32 Å². The summed E-state index contributed by atoms with van der Waals surface area (Å²) in [5.74, 6) is 0.0512. The number of hydrogen-bond donors (Lipinski definition) is 1. The molecule has 3 nitrogen and oxygen atoms in total. The van der Waals surface area contributed by atoms with Crippen molar-refractivity contribution in [3.05, 3.63) is 35.2 Å². The van der Waals surface area contributed by atoms with Gasteiger partial charge in [0.05, 0.1) is 0 Å². The number of carbonyl (C=O) groups is 1. The lowest BCUT2D eigenvalue weighted by Gasteiger charge is -2.07. The minimum absolute atomic E-state index is 0.0512. The number of fused-ring (bicyclic) bond motifs is 1. The van der Waals surface area contributed by atoms with Crippen LogP contribution in [0, 0.1) is 0 Å². The molecule has 0 saturated carbocycles. The predicted molar refractivity (Wildman–Crippen MR) is 77.8 cm³/mol. The van der Waals surface area contributed by atoms with Crippen LogP contribution in [-0.2, 0) is 11.2 Å². The first kappa shape index (κ1) is 11.6. The number of carbonyl (C=O) groups excluding carboxylic acids is 1. The lowest BCUT2D eigenvalue weighted by atomic mass is 10.1. The van der Waals surface area contributed by atoms with Crippen LogP contribution in [0.3, 0.4) is 0 Å². The van der Waals surface area contributed by atoms with Crippen LogP contribution in [-0.4, -0.2) is 29.0 Å². The molecule has 1 saturated heterocycles. The van der Waals surface area contributed by atoms with Crippen LogP contribution in [0.25, 0.3) is 10.1 Å². The molecule has 1 aliphatic heterocycles. The fourth-order valence-electron chi connectivity index (χ4n) is 2.19. The number of likely N-dealkylation sites (N-methyl/N-ethyl adjacent to an activating group) is 1. The Hall–Kier alpha value is -1.46. The Morgan fingerprint density at radius 3 is 2.94 bits per heavy atom. The Morgan fingerprint density at radius 2 is 2.22 bits per heavy atom. The zero-order valence-corrected chi connectivity index (χ0v) is 11.5. The van der Waals surface area contributed by atoms with Crippen LogP contribution in [0.1, 0.15) is 5.56 Å². The highest BCUT2D eigenvalue weighted by atomic mass is 32.1. The van der Waals surface area contributed by atoms with Gasteiger partial charge in [0.25, 0.3) is 5.91 Å². The van der Waals surface area contributed by atoms with Crippen LogP contribution >= 0.6 is 23.6 Å². The van der Waals surface area contributed by atoms with Gasteiger partial charge >= 0.3 is 0 Å². The average molecular weight is 276 g/mol. The van der Waals surface area contributed by atoms with Crippen LogP contribution in [0.2, 0.25) is 0 Å². The van der Waals surface area contributed by atoms with Crippen molar-refractivity contribution in [2.45, 2.75) is 12.5 Å². The lowest BCUT2D eigenvalue weighted by Crippen LogP contribution is -2.31. The molecule has 0 spiro atoms. The van der Waals surface area contributed by atoms with Gasteiger partial charge in [0.15, 0.2) is 5.11 Å². The van der Waals surface area contributed by atoms with Gasteiger partial charge in [-0.1, -0.05) is 18.2 Å². The summed E-state index contributed by atoms with van der Waals surface area (Å²) in [6.07, 6.45) is 0.688. The van der Waals surface area contributed by atoms with Crippen molar-refractivity contribution in [2.75, 3.05) is 7.05 Å². The molecule has 5 heteroatoms. The third kappa shape index (κ3) is 1.79. The van der Waals surface area contributed by atoms with E-state index >= 15 is 0 Å². The zero-order chi connectivity index (χ0) is 12.7. The second-order valence-corrected chi connectivity index (χ2v) is 5.66. The van der Waals surface area contributed by atoms with E-state index in [4.69, 9.17) is 12.2 Å². The van der Waals surface area contributed by atoms with E-state index in [-0.39, 0.29) is 11.9 Å². The van der Waals surface area contributed by atoms with E-state index in [0.29, 0.717) is 11.5 Å². The Kier molecular flexibility index (Phi) is 2.80. The maximum absolute atomic E-state index is 12.0. The van der Waals surface area contributed by atoms with Gasteiger partial charge < -0.3 is 5.32 Å². The molecule has 0 bridgehead atoms. The maximum Gasteiger partial charge on any atom is 0.251 e. The van der Waals surface area contributed by atoms with Crippen LogP contribution in [0.15, 0.2) is 29.6 Å². The first-order valence-corrected chi connectivity index (χ1v) is 6.99. The standard InChI is InChI=1S/C13H12N2OS2/c1-15-12(16)10(14-13(15)17)6-8-7-18-11-5-3-2-4-9(8)11/h2-5,7,10H,6H2,1H3,(H,14,17). The highest BCUT2D eigenvalue weighted by Gasteiger charge is 2.32. The number of thiocarbonyl (C=S) groups is 1. The second kappa shape index (κ2) is 4.33. The molecule has 1 N–H and O–H groups in total. The number of hydrogen-bond acceptors (Lipinski definition) is 3. The van der Waals surface area contributed by atoms with E-state index < -0.39 is 0 Å². The number of benzene rings is 1. The molecule has 1 aromatic heterocycles. The van der Waals surface area contributed by atoms with E-state index in [2.05, 4.69) is 22.8 Å². The fraction of sp³-hybridized carbons (Fsp3) is 0.231. The molecule has 0 aliphatic carbocycles. The topological polar surface area (TPSA) is 32.3 Å². The van der Waals surface area contributed by atoms with Crippen molar-refractivity contribution >= 4 is 44.7 Å². The Labute approximate surface area is 114 Å². The highest BCUT2D eigenvalue weighted by Crippen LogP contribution is 2.27. The second-order valence-electron chi connectivity index (χ2n) is 4.36. The van der Waals surface area contributed by atoms with Crippen molar-refractivity contribution in [3.8, 4) is 0 Å². The number of rotatable bonds is 2. The van der Waals surface area contributed by atoms with Gasteiger partial charge in [0.2, 0.25) is 0 Å². The molecular weight excluding hydrogens is 264 g/mol. The Bertz CT molecular complexity index is 635. The van der Waals surface area contributed by atoms with Crippen LogP contribution in [0.4, 0.5) is 0 Å². The summed E-state index contributed by atoms with van der Waals surface area (Å²) in [7, 11) is 1.71. The van der Waals surface area contributed by atoms with Crippen molar-refractivity contribution < 1.29 is 4.79 Å². The van der Waals surface area contributed by atoms with Gasteiger partial charge in [0, 0.05) is 18.2 Å². The summed E-state index contributed by atoms with van der Waals surface area (Å²) in [6, 6.07) is 8.04. The van der Waals surface area contributed by atoms with E-state index in [0.717, 1.165) is 0 Å². The van der Waals surface area contributed by atoms with Gasteiger partial charge in [0.1, 0.15) is 6.04 Å². The molecule has 0 radical (unpaired) electrons. The summed E-state index contributed by atoms with van der Waals surface area (Å²) in [4.78, 5) is 13.5. The summed E-state index contributed by atoms with van der Waals surface area (Å²) in [5, 5.41) is 6.95. The summed E-state index contributed by atoms with van der Waals surface area (Å²) >= 11 is 6.80. The molecule has 1 aromatic carbocycles. The summed E-state index contributed by atoms with van der Waals surface area (Å²) in [6.45, 7) is 0. The molecule has 2 aromatic rings. The fourth-order valence-corrected chi connectivity index (χ4v) is 3.40. The molecule has 1 amide bonds.